The molecule has 0 atom stereocenters. The van der Waals surface area contributed by atoms with Crippen LogP contribution in [0, 0.1) is 0 Å². The lowest BCUT2D eigenvalue weighted by atomic mass is 10.2. The third kappa shape index (κ3) is 5.42. The van der Waals surface area contributed by atoms with E-state index in [-0.39, 0.29) is 6.61 Å². The van der Waals surface area contributed by atoms with Gasteiger partial charge in [0.15, 0.2) is 0 Å². The molecule has 0 saturated heterocycles. The largest absolute Gasteiger partial charge is 0.325 e. The minimum Gasteiger partial charge on any atom is -0.325 e. The van der Waals surface area contributed by atoms with E-state index in [2.05, 4.69) is 16.3 Å². The zero-order valence-corrected chi connectivity index (χ0v) is 10.2. The van der Waals surface area contributed by atoms with Gasteiger partial charge in [-0.2, -0.15) is 0 Å². The highest BCUT2D eigenvalue weighted by atomic mass is 35.5. The second kappa shape index (κ2) is 5.75. The van der Waals surface area contributed by atoms with E-state index in [9.17, 15) is 0 Å². The van der Waals surface area contributed by atoms with E-state index >= 15 is 0 Å². The summed E-state index contributed by atoms with van der Waals surface area (Å²) in [5.41, 5.74) is 0.840. The number of hydrogen-bond acceptors (Lipinski definition) is 2. The van der Waals surface area contributed by atoms with Gasteiger partial charge in [0, 0.05) is 5.03 Å². The average Bonchev–Trinajstić information content (AvgIpc) is 2.17. The first-order valence-corrected chi connectivity index (χ1v) is 7.10. The summed E-state index contributed by atoms with van der Waals surface area (Å²) in [7, 11) is 0. The molecular weight excluding hydrogens is 255 g/mol. The van der Waals surface area contributed by atoms with Crippen LogP contribution in [-0.4, -0.2) is 16.4 Å². The summed E-state index contributed by atoms with van der Waals surface area (Å²) in [6.07, 6.45) is 1.53. The smallest absolute Gasteiger partial charge is 0.322 e. The minimum atomic E-state index is -3.58. The Morgan fingerprint density at radius 1 is 1.40 bits per heavy atom. The van der Waals surface area contributed by atoms with Crippen LogP contribution in [0.25, 0.3) is 5.03 Å². The number of rotatable bonds is 4. The van der Waals surface area contributed by atoms with Crippen molar-refractivity contribution in [2.75, 3.05) is 6.61 Å². The first kappa shape index (κ1) is 12.8. The molecule has 0 aromatic heterocycles. The van der Waals surface area contributed by atoms with Crippen molar-refractivity contribution in [1.82, 2.24) is 0 Å². The molecule has 0 fully saturated rings. The lowest BCUT2D eigenvalue weighted by Gasteiger charge is -2.05. The van der Waals surface area contributed by atoms with Crippen molar-refractivity contribution in [3.8, 4) is 0 Å². The number of hydrogen-bond donors (Lipinski definition) is 2. The van der Waals surface area contributed by atoms with Crippen molar-refractivity contribution >= 4 is 35.2 Å². The maximum atomic E-state index is 8.79. The zero-order chi connectivity index (χ0) is 11.3. The van der Waals surface area contributed by atoms with Crippen LogP contribution in [0.2, 0.25) is 0 Å². The lowest BCUT2D eigenvalue weighted by molar-refractivity contribution is 0.279. The van der Waals surface area contributed by atoms with Crippen molar-refractivity contribution < 1.29 is 14.3 Å². The topological polar surface area (TPSA) is 49.7 Å². The molecule has 15 heavy (non-hydrogen) atoms. The van der Waals surface area contributed by atoms with Crippen LogP contribution in [0.15, 0.2) is 36.4 Å². The minimum absolute atomic E-state index is 0.0159. The normalized spacial score (nSPS) is 12.9. The van der Waals surface area contributed by atoms with Gasteiger partial charge in [0.2, 0.25) is 0 Å². The number of benzene rings is 1. The molecule has 0 saturated carbocycles. The van der Waals surface area contributed by atoms with Gasteiger partial charge in [0.25, 0.3) is 0 Å². The fraction of sp³-hybridized carbons (Fsp3) is 0.111. The van der Waals surface area contributed by atoms with Crippen molar-refractivity contribution in [2.45, 2.75) is 0 Å². The standard InChI is InChI=1S/C9H10ClO3PS/c10-9(6-7-13-14(11,12)15)8-4-2-1-3-5-8/h1-6H,7H2,(H2,11,12,15). The summed E-state index contributed by atoms with van der Waals surface area (Å²) in [4.78, 5) is 17.6. The van der Waals surface area contributed by atoms with Crippen molar-refractivity contribution in [2.24, 2.45) is 0 Å². The predicted molar refractivity (Wildman–Crippen MR) is 64.9 cm³/mol. The molecule has 0 aliphatic carbocycles. The summed E-state index contributed by atoms with van der Waals surface area (Å²) in [5, 5.41) is 0.485. The number of halogens is 1. The van der Waals surface area contributed by atoms with E-state index in [1.165, 1.54) is 6.08 Å². The van der Waals surface area contributed by atoms with Crippen LogP contribution in [0.5, 0.6) is 0 Å². The highest BCUT2D eigenvalue weighted by Gasteiger charge is 2.06. The molecule has 0 radical (unpaired) electrons. The fourth-order valence-electron chi connectivity index (χ4n) is 0.923. The summed E-state index contributed by atoms with van der Waals surface area (Å²) in [6, 6.07) is 9.27. The maximum Gasteiger partial charge on any atom is 0.322 e. The Balaban J connectivity index is 2.58. The Kier molecular flexibility index (Phi) is 4.93. The van der Waals surface area contributed by atoms with Gasteiger partial charge in [-0.05, 0) is 23.4 Å². The molecule has 0 aliphatic rings. The highest BCUT2D eigenvalue weighted by molar-refractivity contribution is 8.06. The van der Waals surface area contributed by atoms with E-state index in [0.29, 0.717) is 5.03 Å². The third-order valence-electron chi connectivity index (χ3n) is 1.55. The van der Waals surface area contributed by atoms with Gasteiger partial charge >= 0.3 is 6.72 Å². The molecule has 2 N–H and O–H groups in total. The summed E-state index contributed by atoms with van der Waals surface area (Å²) in [6.45, 7) is -3.60. The SMILES string of the molecule is OP(O)(=S)OCC=C(Cl)c1ccccc1. The summed E-state index contributed by atoms with van der Waals surface area (Å²) in [5.74, 6) is 0. The van der Waals surface area contributed by atoms with Crippen molar-refractivity contribution in [3.63, 3.8) is 0 Å². The molecule has 82 valence electrons. The van der Waals surface area contributed by atoms with Crippen LogP contribution in [0.4, 0.5) is 0 Å². The molecule has 1 rings (SSSR count). The van der Waals surface area contributed by atoms with E-state index in [0.717, 1.165) is 5.56 Å². The summed E-state index contributed by atoms with van der Waals surface area (Å²) < 4.78 is 4.60. The molecule has 3 nitrogen and oxygen atoms in total. The molecule has 0 bridgehead atoms. The second-order valence-electron chi connectivity index (χ2n) is 2.70. The van der Waals surface area contributed by atoms with Crippen LogP contribution in [0.1, 0.15) is 5.56 Å². The average molecular weight is 265 g/mol. The van der Waals surface area contributed by atoms with Gasteiger partial charge in [-0.25, -0.2) is 0 Å². The Hall–Kier alpha value is -0.220. The molecule has 0 aliphatic heterocycles. The lowest BCUT2D eigenvalue weighted by Crippen LogP contribution is -1.88. The first-order valence-electron chi connectivity index (χ1n) is 4.10. The Labute approximate surface area is 98.2 Å². The quantitative estimate of drug-likeness (QED) is 0.821. The maximum absolute atomic E-state index is 8.79. The van der Waals surface area contributed by atoms with Gasteiger partial charge in [0.1, 0.15) is 0 Å². The molecule has 0 heterocycles. The van der Waals surface area contributed by atoms with Crippen LogP contribution >= 0.6 is 18.3 Å². The van der Waals surface area contributed by atoms with Crippen LogP contribution < -0.4 is 0 Å². The zero-order valence-electron chi connectivity index (χ0n) is 7.71. The van der Waals surface area contributed by atoms with E-state index in [4.69, 9.17) is 21.4 Å². The molecule has 1 aromatic rings. The van der Waals surface area contributed by atoms with Gasteiger partial charge in [-0.1, -0.05) is 41.9 Å². The molecule has 0 spiro atoms. The monoisotopic (exact) mass is 264 g/mol. The molecule has 0 amide bonds. The predicted octanol–water partition coefficient (Wildman–Crippen LogP) is 2.49. The highest BCUT2D eigenvalue weighted by Crippen LogP contribution is 2.36. The summed E-state index contributed by atoms with van der Waals surface area (Å²) >= 11 is 10.2. The van der Waals surface area contributed by atoms with E-state index in [1.54, 1.807) is 0 Å². The molecule has 1 aromatic carbocycles. The van der Waals surface area contributed by atoms with Crippen molar-refractivity contribution in [1.29, 1.82) is 0 Å². The van der Waals surface area contributed by atoms with E-state index in [1.807, 2.05) is 30.3 Å². The van der Waals surface area contributed by atoms with Gasteiger partial charge in [-0.15, -0.1) is 0 Å². The Morgan fingerprint density at radius 2 is 2.00 bits per heavy atom. The van der Waals surface area contributed by atoms with Crippen LogP contribution in [-0.2, 0) is 16.3 Å². The molecule has 6 heteroatoms. The Bertz CT molecular complexity index is 388. The second-order valence-corrected chi connectivity index (χ2v) is 5.78. The van der Waals surface area contributed by atoms with E-state index < -0.39 is 6.72 Å². The fourth-order valence-corrected chi connectivity index (χ4v) is 1.56. The van der Waals surface area contributed by atoms with Crippen LogP contribution in [0.3, 0.4) is 0 Å². The molecular formula is C9H10ClO3PS. The molecule has 0 unspecified atom stereocenters. The van der Waals surface area contributed by atoms with Gasteiger partial charge < -0.3 is 14.3 Å². The first-order chi connectivity index (χ1) is 6.99. The van der Waals surface area contributed by atoms with Crippen molar-refractivity contribution in [3.05, 3.63) is 42.0 Å². The Morgan fingerprint density at radius 3 is 2.53 bits per heavy atom. The third-order valence-corrected chi connectivity index (χ3v) is 2.73. The van der Waals surface area contributed by atoms with Gasteiger partial charge in [-0.3, -0.25) is 0 Å². The van der Waals surface area contributed by atoms with Gasteiger partial charge in [0.05, 0.1) is 6.61 Å².